The number of para-hydroxylation sites is 2. The molecule has 1 fully saturated rings. The number of carbonyl (C=O) groups is 2. The maximum atomic E-state index is 13.0. The number of anilines is 1. The molecule has 2 aromatic carbocycles. The molecule has 29 heavy (non-hydrogen) atoms. The lowest BCUT2D eigenvalue weighted by molar-refractivity contribution is -0.385. The van der Waals surface area contributed by atoms with Crippen LogP contribution in [0, 0.1) is 10.1 Å². The quantitative estimate of drug-likeness (QED) is 0.536. The molecule has 9 nitrogen and oxygen atoms in total. The molecular weight excluding hydrogens is 378 g/mol. The van der Waals surface area contributed by atoms with E-state index < -0.39 is 10.8 Å². The van der Waals surface area contributed by atoms with Gasteiger partial charge in [0.15, 0.2) is 0 Å². The minimum absolute atomic E-state index is 0.0139. The molecule has 0 radical (unpaired) electrons. The first-order valence-electron chi connectivity index (χ1n) is 8.99. The molecule has 0 aliphatic carbocycles. The Balaban J connectivity index is 1.74. The summed E-state index contributed by atoms with van der Waals surface area (Å²) in [5, 5.41) is 14.4. The lowest BCUT2D eigenvalue weighted by atomic mass is 10.1. The molecule has 4 rings (SSSR count). The van der Waals surface area contributed by atoms with E-state index >= 15 is 0 Å². The number of nitrogens with one attached hydrogen (secondary N) is 1. The predicted molar refractivity (Wildman–Crippen MR) is 104 cm³/mol. The molecule has 1 aliphatic rings. The zero-order chi connectivity index (χ0) is 20.4. The fraction of sp³-hybridized carbons (Fsp3) is 0.200. The molecule has 3 aromatic rings. The number of carbonyl (C=O) groups excluding carboxylic acids is 2. The average molecular weight is 395 g/mol. The topological polar surface area (TPSA) is 115 Å². The number of furan rings is 1. The van der Waals surface area contributed by atoms with E-state index in [2.05, 4.69) is 5.32 Å². The summed E-state index contributed by atoms with van der Waals surface area (Å²) in [6, 6.07) is 12.5. The maximum Gasteiger partial charge on any atom is 0.291 e. The van der Waals surface area contributed by atoms with Crippen molar-refractivity contribution in [3.63, 3.8) is 0 Å². The van der Waals surface area contributed by atoms with Gasteiger partial charge in [0, 0.05) is 24.5 Å². The molecule has 148 valence electrons. The molecule has 9 heteroatoms. The number of rotatable bonds is 4. The van der Waals surface area contributed by atoms with Gasteiger partial charge in [-0.2, -0.15) is 0 Å². The number of nitrogens with zero attached hydrogens (tertiary/aromatic N) is 2. The molecule has 1 saturated heterocycles. The second-order valence-corrected chi connectivity index (χ2v) is 6.44. The van der Waals surface area contributed by atoms with Crippen LogP contribution in [0.5, 0.6) is 0 Å². The average Bonchev–Trinajstić information content (AvgIpc) is 3.12. The van der Waals surface area contributed by atoms with Crippen LogP contribution in [0.15, 0.2) is 52.9 Å². The molecule has 0 saturated carbocycles. The van der Waals surface area contributed by atoms with Gasteiger partial charge in [-0.15, -0.1) is 0 Å². The van der Waals surface area contributed by atoms with Gasteiger partial charge in [-0.3, -0.25) is 19.7 Å². The van der Waals surface area contributed by atoms with E-state index in [1.54, 1.807) is 29.2 Å². The van der Waals surface area contributed by atoms with Crippen LogP contribution in [0.4, 0.5) is 11.4 Å². The minimum Gasteiger partial charge on any atom is -0.449 e. The molecule has 1 aromatic heterocycles. The SMILES string of the molecule is O=C(Nc1c(C(=O)N2CCOCC2)oc2ccccc12)c1ccccc1[N+](=O)[O-]. The van der Waals surface area contributed by atoms with Crippen molar-refractivity contribution in [2.24, 2.45) is 0 Å². The second kappa shape index (κ2) is 7.72. The van der Waals surface area contributed by atoms with Crippen LogP contribution >= 0.6 is 0 Å². The third kappa shape index (κ3) is 3.55. The van der Waals surface area contributed by atoms with Crippen LogP contribution in [0.2, 0.25) is 0 Å². The summed E-state index contributed by atoms with van der Waals surface area (Å²) < 4.78 is 11.0. The lowest BCUT2D eigenvalue weighted by Gasteiger charge is -2.26. The lowest BCUT2D eigenvalue weighted by Crippen LogP contribution is -2.40. The van der Waals surface area contributed by atoms with Crippen molar-refractivity contribution < 1.29 is 23.7 Å². The number of morpholine rings is 1. The summed E-state index contributed by atoms with van der Waals surface area (Å²) in [6.07, 6.45) is 0. The van der Waals surface area contributed by atoms with Gasteiger partial charge >= 0.3 is 0 Å². The zero-order valence-electron chi connectivity index (χ0n) is 15.3. The second-order valence-electron chi connectivity index (χ2n) is 6.44. The summed E-state index contributed by atoms with van der Waals surface area (Å²) >= 11 is 0. The van der Waals surface area contributed by atoms with E-state index in [1.807, 2.05) is 0 Å². The molecule has 0 bridgehead atoms. The number of fused-ring (bicyclic) bond motifs is 1. The molecule has 1 N–H and O–H groups in total. The van der Waals surface area contributed by atoms with Crippen molar-refractivity contribution in [2.75, 3.05) is 31.6 Å². The third-order valence-corrected chi connectivity index (χ3v) is 4.67. The standard InChI is InChI=1S/C20H17N3O6/c24-19(13-5-1-3-7-15(13)23(26)27)21-17-14-6-2-4-8-16(14)29-18(17)20(25)22-9-11-28-12-10-22/h1-8H,9-12H2,(H,21,24). The third-order valence-electron chi connectivity index (χ3n) is 4.67. The highest BCUT2D eigenvalue weighted by atomic mass is 16.6. The van der Waals surface area contributed by atoms with Crippen LogP contribution in [0.25, 0.3) is 11.0 Å². The monoisotopic (exact) mass is 395 g/mol. The van der Waals surface area contributed by atoms with Gasteiger partial charge in [0.05, 0.1) is 18.1 Å². The summed E-state index contributed by atoms with van der Waals surface area (Å²) in [5.74, 6) is -1.08. The summed E-state index contributed by atoms with van der Waals surface area (Å²) in [5.41, 5.74) is 0.202. The number of hydrogen-bond donors (Lipinski definition) is 1. The van der Waals surface area contributed by atoms with Gasteiger partial charge < -0.3 is 19.4 Å². The number of benzene rings is 2. The van der Waals surface area contributed by atoms with E-state index in [0.717, 1.165) is 0 Å². The molecular formula is C20H17N3O6. The summed E-state index contributed by atoms with van der Waals surface area (Å²) in [6.45, 7) is 1.66. The minimum atomic E-state index is -0.695. The fourth-order valence-electron chi connectivity index (χ4n) is 3.24. The summed E-state index contributed by atoms with van der Waals surface area (Å²) in [4.78, 5) is 38.0. The predicted octanol–water partition coefficient (Wildman–Crippen LogP) is 3.07. The molecule has 2 amide bonds. The van der Waals surface area contributed by atoms with E-state index in [1.165, 1.54) is 24.3 Å². The van der Waals surface area contributed by atoms with Crippen LogP contribution in [-0.2, 0) is 4.74 Å². The zero-order valence-corrected chi connectivity index (χ0v) is 15.3. The number of nitro groups is 1. The van der Waals surface area contributed by atoms with Gasteiger partial charge in [0.25, 0.3) is 17.5 Å². The van der Waals surface area contributed by atoms with Crippen LogP contribution in [-0.4, -0.2) is 47.9 Å². The Morgan fingerprint density at radius 1 is 1.03 bits per heavy atom. The number of nitro benzene ring substituents is 1. The largest absolute Gasteiger partial charge is 0.449 e. The Morgan fingerprint density at radius 2 is 1.72 bits per heavy atom. The molecule has 0 spiro atoms. The van der Waals surface area contributed by atoms with Crippen LogP contribution in [0.1, 0.15) is 20.9 Å². The van der Waals surface area contributed by atoms with Crippen molar-refractivity contribution in [3.8, 4) is 0 Å². The van der Waals surface area contributed by atoms with Gasteiger partial charge in [-0.05, 0) is 18.2 Å². The van der Waals surface area contributed by atoms with Gasteiger partial charge in [-0.1, -0.05) is 24.3 Å². The first-order valence-corrected chi connectivity index (χ1v) is 8.99. The number of ether oxygens (including phenoxy) is 1. The number of amides is 2. The fourth-order valence-corrected chi connectivity index (χ4v) is 3.24. The first kappa shape index (κ1) is 18.6. The number of hydrogen-bond acceptors (Lipinski definition) is 6. The van der Waals surface area contributed by atoms with Crippen molar-refractivity contribution in [3.05, 3.63) is 70.0 Å². The first-order chi connectivity index (χ1) is 14.1. The normalized spacial score (nSPS) is 14.0. The molecule has 1 aliphatic heterocycles. The highest BCUT2D eigenvalue weighted by Gasteiger charge is 2.29. The highest BCUT2D eigenvalue weighted by molar-refractivity contribution is 6.15. The smallest absolute Gasteiger partial charge is 0.291 e. The van der Waals surface area contributed by atoms with Crippen molar-refractivity contribution >= 4 is 34.2 Å². The Hall–Kier alpha value is -3.72. The van der Waals surface area contributed by atoms with Crippen LogP contribution in [0.3, 0.4) is 0 Å². The van der Waals surface area contributed by atoms with Crippen molar-refractivity contribution in [2.45, 2.75) is 0 Å². The summed E-state index contributed by atoms with van der Waals surface area (Å²) in [7, 11) is 0. The Morgan fingerprint density at radius 3 is 2.48 bits per heavy atom. The van der Waals surface area contributed by atoms with E-state index in [9.17, 15) is 19.7 Å². The van der Waals surface area contributed by atoms with Gasteiger partial charge in [0.1, 0.15) is 16.8 Å². The van der Waals surface area contributed by atoms with Crippen molar-refractivity contribution in [1.82, 2.24) is 4.90 Å². The van der Waals surface area contributed by atoms with Crippen molar-refractivity contribution in [1.29, 1.82) is 0 Å². The Labute approximate surface area is 165 Å². The molecule has 0 unspecified atom stereocenters. The van der Waals surface area contributed by atoms with E-state index in [0.29, 0.717) is 37.3 Å². The van der Waals surface area contributed by atoms with Crippen LogP contribution < -0.4 is 5.32 Å². The maximum absolute atomic E-state index is 13.0. The van der Waals surface area contributed by atoms with E-state index in [-0.39, 0.29) is 28.6 Å². The molecule has 0 atom stereocenters. The Kier molecular flexibility index (Phi) is 4.96. The highest BCUT2D eigenvalue weighted by Crippen LogP contribution is 2.33. The Bertz CT molecular complexity index is 1100. The van der Waals surface area contributed by atoms with Gasteiger partial charge in [0.2, 0.25) is 5.76 Å². The van der Waals surface area contributed by atoms with Gasteiger partial charge in [-0.25, -0.2) is 0 Å². The molecule has 2 heterocycles. The van der Waals surface area contributed by atoms with E-state index in [4.69, 9.17) is 9.15 Å².